The van der Waals surface area contributed by atoms with Crippen molar-refractivity contribution < 1.29 is 14.3 Å². The topological polar surface area (TPSA) is 107 Å². The lowest BCUT2D eigenvalue weighted by Crippen LogP contribution is -2.28. The molecule has 0 aliphatic heterocycles. The quantitative estimate of drug-likeness (QED) is 0.552. The van der Waals surface area contributed by atoms with E-state index >= 15 is 0 Å². The number of para-hydroxylation sites is 1. The third-order valence-corrected chi connectivity index (χ3v) is 3.50. The molecule has 2 aromatic rings. The standard InChI is InChI=1S/C20H18N4O3/c1-26-16-6-8-17(9-7-16)27-11-10-23-20(25)18-4-2-3-5-19(18)24-14-15(12-21)13-22/h2-9,14,24H,10-11H2,1H3,(H,23,25). The number of methoxy groups -OCH3 is 1. The molecule has 136 valence electrons. The first-order valence-electron chi connectivity index (χ1n) is 8.09. The number of ether oxygens (including phenoxy) is 2. The number of benzene rings is 2. The van der Waals surface area contributed by atoms with Crippen LogP contribution in [0.3, 0.4) is 0 Å². The van der Waals surface area contributed by atoms with Crippen molar-refractivity contribution in [2.75, 3.05) is 25.6 Å². The average Bonchev–Trinajstić information content (AvgIpc) is 2.72. The predicted octanol–water partition coefficient (Wildman–Crippen LogP) is 2.85. The summed E-state index contributed by atoms with van der Waals surface area (Å²) in [6.07, 6.45) is 1.26. The van der Waals surface area contributed by atoms with E-state index in [9.17, 15) is 4.79 Å². The lowest BCUT2D eigenvalue weighted by molar-refractivity contribution is 0.0948. The smallest absolute Gasteiger partial charge is 0.253 e. The van der Waals surface area contributed by atoms with Crippen LogP contribution in [-0.4, -0.2) is 26.2 Å². The van der Waals surface area contributed by atoms with E-state index in [0.717, 1.165) is 5.75 Å². The zero-order chi connectivity index (χ0) is 19.5. The van der Waals surface area contributed by atoms with Crippen LogP contribution in [0.1, 0.15) is 10.4 Å². The highest BCUT2D eigenvalue weighted by molar-refractivity contribution is 5.99. The Morgan fingerprint density at radius 3 is 2.41 bits per heavy atom. The minimum atomic E-state index is -0.291. The molecule has 0 aliphatic carbocycles. The van der Waals surface area contributed by atoms with Crippen LogP contribution in [-0.2, 0) is 0 Å². The van der Waals surface area contributed by atoms with Crippen molar-refractivity contribution in [3.8, 4) is 23.6 Å². The number of nitriles is 2. The number of amides is 1. The van der Waals surface area contributed by atoms with Gasteiger partial charge in [-0.1, -0.05) is 12.1 Å². The lowest BCUT2D eigenvalue weighted by Gasteiger charge is -2.11. The molecular weight excluding hydrogens is 344 g/mol. The summed E-state index contributed by atoms with van der Waals surface area (Å²) in [7, 11) is 1.59. The molecule has 0 radical (unpaired) electrons. The normalized spacial score (nSPS) is 9.30. The molecule has 2 N–H and O–H groups in total. The number of allylic oxidation sites excluding steroid dienone is 1. The van der Waals surface area contributed by atoms with E-state index in [0.29, 0.717) is 30.2 Å². The molecule has 2 rings (SSSR count). The van der Waals surface area contributed by atoms with Gasteiger partial charge in [0.1, 0.15) is 35.8 Å². The summed E-state index contributed by atoms with van der Waals surface area (Å²) in [5.74, 6) is 1.13. The van der Waals surface area contributed by atoms with E-state index in [1.807, 2.05) is 0 Å². The molecule has 0 spiro atoms. The number of hydrogen-bond acceptors (Lipinski definition) is 6. The number of rotatable bonds is 8. The molecule has 0 fully saturated rings. The van der Waals surface area contributed by atoms with E-state index in [2.05, 4.69) is 10.6 Å². The van der Waals surface area contributed by atoms with Crippen LogP contribution in [0.4, 0.5) is 5.69 Å². The first-order chi connectivity index (χ1) is 13.2. The van der Waals surface area contributed by atoms with Gasteiger partial charge in [-0.2, -0.15) is 10.5 Å². The summed E-state index contributed by atoms with van der Waals surface area (Å²) >= 11 is 0. The maximum Gasteiger partial charge on any atom is 0.253 e. The van der Waals surface area contributed by atoms with E-state index in [1.54, 1.807) is 67.8 Å². The SMILES string of the molecule is COc1ccc(OCCNC(=O)c2ccccc2NC=C(C#N)C#N)cc1. The van der Waals surface area contributed by atoms with Gasteiger partial charge in [-0.05, 0) is 36.4 Å². The molecule has 7 nitrogen and oxygen atoms in total. The minimum absolute atomic E-state index is 0.0851. The Balaban J connectivity index is 1.89. The van der Waals surface area contributed by atoms with Gasteiger partial charge in [0.25, 0.3) is 5.91 Å². The second kappa shape index (κ2) is 10.1. The summed E-state index contributed by atoms with van der Waals surface area (Å²) in [6, 6.07) is 17.5. The van der Waals surface area contributed by atoms with E-state index < -0.39 is 0 Å². The summed E-state index contributed by atoms with van der Waals surface area (Å²) in [4.78, 5) is 12.4. The van der Waals surface area contributed by atoms with Gasteiger partial charge in [0, 0.05) is 6.20 Å². The van der Waals surface area contributed by atoms with Crippen LogP contribution < -0.4 is 20.1 Å². The molecule has 1 amide bonds. The molecular formula is C20H18N4O3. The third kappa shape index (κ3) is 5.80. The summed E-state index contributed by atoms with van der Waals surface area (Å²) < 4.78 is 10.6. The van der Waals surface area contributed by atoms with Crippen molar-refractivity contribution in [1.82, 2.24) is 5.32 Å². The van der Waals surface area contributed by atoms with Crippen LogP contribution in [0.2, 0.25) is 0 Å². The molecule has 2 aromatic carbocycles. The highest BCUT2D eigenvalue weighted by atomic mass is 16.5. The molecule has 0 aromatic heterocycles. The number of carbonyl (C=O) groups is 1. The van der Waals surface area contributed by atoms with Crippen molar-refractivity contribution in [2.24, 2.45) is 0 Å². The first kappa shape index (κ1) is 19.4. The number of anilines is 1. The third-order valence-electron chi connectivity index (χ3n) is 3.50. The van der Waals surface area contributed by atoms with Crippen LogP contribution in [0.15, 0.2) is 60.3 Å². The van der Waals surface area contributed by atoms with Gasteiger partial charge in [-0.3, -0.25) is 4.79 Å². The summed E-state index contributed by atoms with van der Waals surface area (Å²) in [6.45, 7) is 0.622. The van der Waals surface area contributed by atoms with Gasteiger partial charge in [-0.25, -0.2) is 0 Å². The number of hydrogen-bond donors (Lipinski definition) is 2. The number of nitrogens with zero attached hydrogens (tertiary/aromatic N) is 2. The van der Waals surface area contributed by atoms with Gasteiger partial charge in [0.15, 0.2) is 0 Å². The second-order valence-corrected chi connectivity index (χ2v) is 5.25. The highest BCUT2D eigenvalue weighted by Crippen LogP contribution is 2.17. The van der Waals surface area contributed by atoms with Gasteiger partial charge in [0.05, 0.1) is 24.9 Å². The molecule has 0 saturated carbocycles. The molecule has 0 atom stereocenters. The molecule has 0 bridgehead atoms. The fourth-order valence-corrected chi connectivity index (χ4v) is 2.15. The monoisotopic (exact) mass is 362 g/mol. The Kier molecular flexibility index (Phi) is 7.25. The molecule has 0 heterocycles. The van der Waals surface area contributed by atoms with E-state index in [1.165, 1.54) is 6.20 Å². The van der Waals surface area contributed by atoms with Crippen molar-refractivity contribution in [2.45, 2.75) is 0 Å². The molecule has 7 heteroatoms. The average molecular weight is 362 g/mol. The maximum absolute atomic E-state index is 12.4. The number of carbonyl (C=O) groups excluding carboxylic acids is 1. The highest BCUT2D eigenvalue weighted by Gasteiger charge is 2.10. The molecule has 0 saturated heterocycles. The van der Waals surface area contributed by atoms with Gasteiger partial charge in [-0.15, -0.1) is 0 Å². The van der Waals surface area contributed by atoms with E-state index in [4.69, 9.17) is 20.0 Å². The van der Waals surface area contributed by atoms with Crippen LogP contribution in [0.25, 0.3) is 0 Å². The largest absolute Gasteiger partial charge is 0.497 e. The first-order valence-corrected chi connectivity index (χ1v) is 8.09. The van der Waals surface area contributed by atoms with Gasteiger partial charge >= 0.3 is 0 Å². The van der Waals surface area contributed by atoms with Gasteiger partial charge < -0.3 is 20.1 Å². The van der Waals surface area contributed by atoms with Crippen LogP contribution >= 0.6 is 0 Å². The van der Waals surface area contributed by atoms with Crippen molar-refractivity contribution in [3.05, 3.63) is 65.9 Å². The molecule has 0 unspecified atom stereocenters. The van der Waals surface area contributed by atoms with Crippen LogP contribution in [0, 0.1) is 22.7 Å². The van der Waals surface area contributed by atoms with Crippen LogP contribution in [0.5, 0.6) is 11.5 Å². The van der Waals surface area contributed by atoms with Crippen molar-refractivity contribution in [3.63, 3.8) is 0 Å². The Morgan fingerprint density at radius 1 is 1.07 bits per heavy atom. The van der Waals surface area contributed by atoms with Gasteiger partial charge in [0.2, 0.25) is 0 Å². The zero-order valence-electron chi connectivity index (χ0n) is 14.7. The Bertz CT molecular complexity index is 877. The lowest BCUT2D eigenvalue weighted by atomic mass is 10.1. The van der Waals surface area contributed by atoms with Crippen molar-refractivity contribution >= 4 is 11.6 Å². The predicted molar refractivity (Wildman–Crippen MR) is 100 cm³/mol. The summed E-state index contributed by atoms with van der Waals surface area (Å²) in [5, 5.41) is 23.1. The van der Waals surface area contributed by atoms with E-state index in [-0.39, 0.29) is 11.5 Å². The molecule has 0 aliphatic rings. The minimum Gasteiger partial charge on any atom is -0.497 e. The Morgan fingerprint density at radius 2 is 1.74 bits per heavy atom. The second-order valence-electron chi connectivity index (χ2n) is 5.25. The molecule has 27 heavy (non-hydrogen) atoms. The summed E-state index contributed by atoms with van der Waals surface area (Å²) in [5.41, 5.74) is 0.806. The Labute approximate surface area is 157 Å². The van der Waals surface area contributed by atoms with Crippen molar-refractivity contribution in [1.29, 1.82) is 10.5 Å². The fourth-order valence-electron chi connectivity index (χ4n) is 2.15. The maximum atomic E-state index is 12.4. The number of nitrogens with one attached hydrogen (secondary N) is 2. The fraction of sp³-hybridized carbons (Fsp3) is 0.150. The Hall–Kier alpha value is -3.97. The zero-order valence-corrected chi connectivity index (χ0v) is 14.7.